The van der Waals surface area contributed by atoms with Gasteiger partial charge in [-0.2, -0.15) is 18.2 Å². The molecule has 21 heavy (non-hydrogen) atoms. The Morgan fingerprint density at radius 2 is 1.95 bits per heavy atom. The Morgan fingerprint density at radius 1 is 1.24 bits per heavy atom. The van der Waals surface area contributed by atoms with Crippen molar-refractivity contribution < 1.29 is 17.9 Å². The summed E-state index contributed by atoms with van der Waals surface area (Å²) >= 11 is 3.25. The van der Waals surface area contributed by atoms with Crippen molar-refractivity contribution in [2.75, 3.05) is 11.9 Å². The van der Waals surface area contributed by atoms with Crippen LogP contribution in [0.2, 0.25) is 0 Å². The van der Waals surface area contributed by atoms with Crippen LogP contribution in [0.3, 0.4) is 0 Å². The second kappa shape index (κ2) is 6.30. The highest BCUT2D eigenvalue weighted by molar-refractivity contribution is 9.10. The standard InChI is InChI=1S/C13H11BrF3N3O/c1-2-18-10-7-11(20-12(19-10)13(15,16)17)21-9-6-4-3-5-8(9)14/h3-7H,2H2,1H3,(H,18,19,20). The number of nitrogens with zero attached hydrogens (tertiary/aromatic N) is 2. The molecule has 8 heteroatoms. The number of hydrogen-bond donors (Lipinski definition) is 1. The van der Waals surface area contributed by atoms with Crippen molar-refractivity contribution in [1.29, 1.82) is 0 Å². The SMILES string of the molecule is CCNc1cc(Oc2ccccc2Br)nc(C(F)(F)F)n1. The Morgan fingerprint density at radius 3 is 2.57 bits per heavy atom. The van der Waals surface area contributed by atoms with Crippen molar-refractivity contribution in [2.24, 2.45) is 0 Å². The quantitative estimate of drug-likeness (QED) is 0.871. The molecular weight excluding hydrogens is 351 g/mol. The number of benzene rings is 1. The fraction of sp³-hybridized carbons (Fsp3) is 0.231. The van der Waals surface area contributed by atoms with Crippen LogP contribution in [0.4, 0.5) is 19.0 Å². The molecule has 0 unspecified atom stereocenters. The molecule has 0 fully saturated rings. The summed E-state index contributed by atoms with van der Waals surface area (Å²) < 4.78 is 44.4. The summed E-state index contributed by atoms with van der Waals surface area (Å²) in [4.78, 5) is 6.82. The molecule has 0 radical (unpaired) electrons. The molecule has 0 amide bonds. The monoisotopic (exact) mass is 361 g/mol. The molecule has 2 aromatic rings. The maximum atomic E-state index is 12.8. The largest absolute Gasteiger partial charge is 0.451 e. The van der Waals surface area contributed by atoms with E-state index >= 15 is 0 Å². The Labute approximate surface area is 127 Å². The number of nitrogens with one attached hydrogen (secondary N) is 1. The van der Waals surface area contributed by atoms with Crippen molar-refractivity contribution in [3.63, 3.8) is 0 Å². The van der Waals surface area contributed by atoms with E-state index in [1.54, 1.807) is 31.2 Å². The van der Waals surface area contributed by atoms with E-state index in [2.05, 4.69) is 31.2 Å². The Balaban J connectivity index is 2.38. The lowest BCUT2D eigenvalue weighted by Gasteiger charge is -2.12. The Kier molecular flexibility index (Phi) is 4.66. The third kappa shape index (κ3) is 4.07. The van der Waals surface area contributed by atoms with Crippen molar-refractivity contribution in [2.45, 2.75) is 13.1 Å². The van der Waals surface area contributed by atoms with Gasteiger partial charge < -0.3 is 10.1 Å². The molecule has 0 aliphatic heterocycles. The minimum absolute atomic E-state index is 0.0573. The van der Waals surface area contributed by atoms with E-state index in [-0.39, 0.29) is 11.7 Å². The highest BCUT2D eigenvalue weighted by Crippen LogP contribution is 2.32. The molecule has 1 N–H and O–H groups in total. The summed E-state index contributed by atoms with van der Waals surface area (Å²) in [5, 5.41) is 2.72. The molecule has 1 aromatic heterocycles. The molecule has 0 saturated carbocycles. The molecule has 0 aliphatic rings. The first-order valence-electron chi connectivity index (χ1n) is 6.02. The van der Waals surface area contributed by atoms with E-state index in [9.17, 15) is 13.2 Å². The average Bonchev–Trinajstić information content (AvgIpc) is 2.41. The molecule has 0 aliphatic carbocycles. The summed E-state index contributed by atoms with van der Waals surface area (Å²) in [5.41, 5.74) is 0. The lowest BCUT2D eigenvalue weighted by molar-refractivity contribution is -0.145. The van der Waals surface area contributed by atoms with Crippen LogP contribution in [0.5, 0.6) is 11.6 Å². The van der Waals surface area contributed by atoms with Crippen molar-refractivity contribution in [3.8, 4) is 11.6 Å². The van der Waals surface area contributed by atoms with E-state index < -0.39 is 12.0 Å². The van der Waals surface area contributed by atoms with Crippen LogP contribution in [-0.4, -0.2) is 16.5 Å². The number of ether oxygens (including phenoxy) is 1. The first-order chi connectivity index (χ1) is 9.90. The van der Waals surface area contributed by atoms with Crippen LogP contribution < -0.4 is 10.1 Å². The molecule has 0 saturated heterocycles. The minimum atomic E-state index is -4.64. The van der Waals surface area contributed by atoms with Crippen LogP contribution >= 0.6 is 15.9 Å². The van der Waals surface area contributed by atoms with Gasteiger partial charge in [-0.15, -0.1) is 0 Å². The van der Waals surface area contributed by atoms with E-state index in [0.717, 1.165) is 0 Å². The number of rotatable bonds is 4. The van der Waals surface area contributed by atoms with Gasteiger partial charge in [0.25, 0.3) is 0 Å². The summed E-state index contributed by atoms with van der Waals surface area (Å²) in [6.07, 6.45) is -4.64. The molecule has 1 aromatic carbocycles. The van der Waals surface area contributed by atoms with Crippen LogP contribution in [0, 0.1) is 0 Å². The van der Waals surface area contributed by atoms with Crippen molar-refractivity contribution >= 4 is 21.7 Å². The molecule has 0 bridgehead atoms. The lowest BCUT2D eigenvalue weighted by atomic mass is 10.3. The number of para-hydroxylation sites is 1. The van der Waals surface area contributed by atoms with Gasteiger partial charge in [0.2, 0.25) is 11.7 Å². The predicted octanol–water partition coefficient (Wildman–Crippen LogP) is 4.48. The number of halogens is 4. The normalized spacial score (nSPS) is 11.3. The van der Waals surface area contributed by atoms with Gasteiger partial charge in [0.1, 0.15) is 11.6 Å². The molecule has 2 rings (SSSR count). The van der Waals surface area contributed by atoms with Crippen molar-refractivity contribution in [1.82, 2.24) is 9.97 Å². The van der Waals surface area contributed by atoms with Gasteiger partial charge >= 0.3 is 6.18 Å². The van der Waals surface area contributed by atoms with E-state index in [1.807, 2.05) is 0 Å². The maximum absolute atomic E-state index is 12.8. The zero-order valence-corrected chi connectivity index (χ0v) is 12.5. The number of anilines is 1. The van der Waals surface area contributed by atoms with Gasteiger partial charge in [-0.3, -0.25) is 0 Å². The number of alkyl halides is 3. The Hall–Kier alpha value is -1.83. The fourth-order valence-corrected chi connectivity index (χ4v) is 1.88. The Bertz CT molecular complexity index is 634. The van der Waals surface area contributed by atoms with Gasteiger partial charge in [0, 0.05) is 12.6 Å². The zero-order valence-electron chi connectivity index (χ0n) is 10.9. The predicted molar refractivity (Wildman–Crippen MR) is 75.4 cm³/mol. The fourth-order valence-electron chi connectivity index (χ4n) is 1.52. The lowest BCUT2D eigenvalue weighted by Crippen LogP contribution is -2.13. The summed E-state index contributed by atoms with van der Waals surface area (Å²) in [6, 6.07) is 8.12. The van der Waals surface area contributed by atoms with Gasteiger partial charge in [0.05, 0.1) is 4.47 Å². The van der Waals surface area contributed by atoms with Crippen LogP contribution in [0.15, 0.2) is 34.8 Å². The third-order valence-electron chi connectivity index (χ3n) is 2.37. The van der Waals surface area contributed by atoms with E-state index in [1.165, 1.54) is 6.07 Å². The smallest absolute Gasteiger partial charge is 0.438 e. The highest BCUT2D eigenvalue weighted by Gasteiger charge is 2.35. The molecule has 1 heterocycles. The maximum Gasteiger partial charge on any atom is 0.451 e. The van der Waals surface area contributed by atoms with Crippen LogP contribution in [0.1, 0.15) is 12.7 Å². The van der Waals surface area contributed by atoms with Gasteiger partial charge in [-0.05, 0) is 35.0 Å². The summed E-state index contributed by atoms with van der Waals surface area (Å²) in [5.74, 6) is -1.00. The van der Waals surface area contributed by atoms with E-state index in [4.69, 9.17) is 4.74 Å². The van der Waals surface area contributed by atoms with Crippen LogP contribution in [-0.2, 0) is 6.18 Å². The topological polar surface area (TPSA) is 47.0 Å². The number of aromatic nitrogens is 2. The van der Waals surface area contributed by atoms with Gasteiger partial charge in [-0.1, -0.05) is 12.1 Å². The average molecular weight is 362 g/mol. The summed E-state index contributed by atoms with van der Waals surface area (Å²) in [7, 11) is 0. The zero-order chi connectivity index (χ0) is 15.5. The third-order valence-corrected chi connectivity index (χ3v) is 3.02. The molecule has 4 nitrogen and oxygen atoms in total. The minimum Gasteiger partial charge on any atom is -0.438 e. The van der Waals surface area contributed by atoms with Crippen LogP contribution in [0.25, 0.3) is 0 Å². The summed E-state index contributed by atoms with van der Waals surface area (Å²) in [6.45, 7) is 2.19. The molecule has 112 valence electrons. The van der Waals surface area contributed by atoms with Crippen molar-refractivity contribution in [3.05, 3.63) is 40.6 Å². The highest BCUT2D eigenvalue weighted by atomic mass is 79.9. The van der Waals surface area contributed by atoms with Gasteiger partial charge in [0.15, 0.2) is 0 Å². The van der Waals surface area contributed by atoms with Gasteiger partial charge in [-0.25, -0.2) is 4.98 Å². The molecular formula is C13H11BrF3N3O. The van der Waals surface area contributed by atoms with E-state index in [0.29, 0.717) is 16.8 Å². The second-order valence-electron chi connectivity index (χ2n) is 3.98. The molecule has 0 atom stereocenters. The second-order valence-corrected chi connectivity index (χ2v) is 4.83. The first-order valence-corrected chi connectivity index (χ1v) is 6.82. The first kappa shape index (κ1) is 15.6. The molecule has 0 spiro atoms. The number of hydrogen-bond acceptors (Lipinski definition) is 4.